The van der Waals surface area contributed by atoms with Crippen molar-refractivity contribution < 1.29 is 0 Å². The Bertz CT molecular complexity index is 2730. The molecule has 0 radical (unpaired) electrons. The van der Waals surface area contributed by atoms with Gasteiger partial charge in [0, 0.05) is 11.0 Å². The Hall–Kier alpha value is -5.57. The van der Waals surface area contributed by atoms with E-state index in [0.717, 1.165) is 10.5 Å². The minimum atomic E-state index is -0.0349. The fraction of sp³-hybridized carbons (Fsp3) is 0.0652. The molecule has 0 bridgehead atoms. The fourth-order valence-corrected chi connectivity index (χ4v) is 9.26. The second-order valence-corrected chi connectivity index (χ2v) is 14.5. The molecule has 0 aliphatic heterocycles. The van der Waals surface area contributed by atoms with Crippen LogP contribution in [0.5, 0.6) is 0 Å². The second-order valence-electron chi connectivity index (χ2n) is 13.5. The highest BCUT2D eigenvalue weighted by atomic mass is 32.1. The first kappa shape index (κ1) is 27.5. The Kier molecular flexibility index (Phi) is 5.86. The van der Waals surface area contributed by atoms with E-state index in [2.05, 4.69) is 166 Å². The molecule has 0 atom stereocenters. The number of para-hydroxylation sites is 1. The van der Waals surface area contributed by atoms with Crippen LogP contribution in [0.1, 0.15) is 25.0 Å². The van der Waals surface area contributed by atoms with Gasteiger partial charge in [0.15, 0.2) is 0 Å². The van der Waals surface area contributed by atoms with Crippen molar-refractivity contribution in [2.75, 3.05) is 0 Å². The van der Waals surface area contributed by atoms with Gasteiger partial charge < -0.3 is 0 Å². The molecule has 9 aromatic rings. The van der Waals surface area contributed by atoms with E-state index >= 15 is 0 Å². The van der Waals surface area contributed by atoms with Gasteiger partial charge in [-0.05, 0) is 101 Å². The van der Waals surface area contributed by atoms with Gasteiger partial charge in [-0.25, -0.2) is 4.98 Å². The number of thiazole rings is 1. The van der Waals surface area contributed by atoms with E-state index in [1.165, 1.54) is 87.1 Å². The smallest absolute Gasteiger partial charge is 0.125 e. The SMILES string of the molecule is CC1(C)c2ccccc2-c2cc(-c3c4ccccc4c(-c4nc5ccccc5s4)c4ccc(-c5cccc6ccccc56)cc34)ccc21. The molecular formula is C46H31NS. The van der Waals surface area contributed by atoms with Crippen molar-refractivity contribution in [2.45, 2.75) is 19.3 Å². The molecule has 8 aromatic carbocycles. The van der Waals surface area contributed by atoms with E-state index < -0.39 is 0 Å². The third-order valence-electron chi connectivity index (χ3n) is 10.5. The molecule has 0 fully saturated rings. The summed E-state index contributed by atoms with van der Waals surface area (Å²) < 4.78 is 1.21. The summed E-state index contributed by atoms with van der Waals surface area (Å²) in [6.07, 6.45) is 0. The molecule has 1 aromatic heterocycles. The van der Waals surface area contributed by atoms with Gasteiger partial charge in [0.05, 0.1) is 10.2 Å². The van der Waals surface area contributed by atoms with Crippen LogP contribution in [0.4, 0.5) is 0 Å². The van der Waals surface area contributed by atoms with E-state index in [1.807, 2.05) is 0 Å². The van der Waals surface area contributed by atoms with Crippen LogP contribution < -0.4 is 0 Å². The number of aromatic nitrogens is 1. The van der Waals surface area contributed by atoms with Gasteiger partial charge in [0.1, 0.15) is 5.01 Å². The molecule has 0 amide bonds. The summed E-state index contributed by atoms with van der Waals surface area (Å²) in [7, 11) is 0. The maximum absolute atomic E-state index is 5.21. The van der Waals surface area contributed by atoms with Crippen molar-refractivity contribution in [1.29, 1.82) is 0 Å². The van der Waals surface area contributed by atoms with E-state index in [4.69, 9.17) is 4.98 Å². The van der Waals surface area contributed by atoms with Crippen molar-refractivity contribution in [3.8, 4) is 44.0 Å². The van der Waals surface area contributed by atoms with Crippen LogP contribution in [0.25, 0.3) is 86.5 Å². The summed E-state index contributed by atoms with van der Waals surface area (Å²) in [5, 5.41) is 8.55. The van der Waals surface area contributed by atoms with Gasteiger partial charge in [-0.15, -0.1) is 11.3 Å². The van der Waals surface area contributed by atoms with Crippen LogP contribution in [0.2, 0.25) is 0 Å². The van der Waals surface area contributed by atoms with E-state index in [0.29, 0.717) is 0 Å². The number of rotatable bonds is 3. The first-order valence-electron chi connectivity index (χ1n) is 16.6. The monoisotopic (exact) mass is 629 g/mol. The number of hydrogen-bond donors (Lipinski definition) is 0. The lowest BCUT2D eigenvalue weighted by Gasteiger charge is -2.22. The zero-order chi connectivity index (χ0) is 32.0. The molecule has 1 aliphatic carbocycles. The van der Waals surface area contributed by atoms with Crippen molar-refractivity contribution in [3.05, 3.63) is 163 Å². The predicted octanol–water partition coefficient (Wildman–Crippen LogP) is 13.1. The minimum absolute atomic E-state index is 0.0349. The van der Waals surface area contributed by atoms with Gasteiger partial charge in [-0.2, -0.15) is 0 Å². The van der Waals surface area contributed by atoms with Crippen LogP contribution in [0.3, 0.4) is 0 Å². The molecule has 0 unspecified atom stereocenters. The lowest BCUT2D eigenvalue weighted by molar-refractivity contribution is 0.660. The van der Waals surface area contributed by atoms with E-state index in [9.17, 15) is 0 Å². The summed E-state index contributed by atoms with van der Waals surface area (Å²) in [4.78, 5) is 5.21. The Labute approximate surface area is 283 Å². The molecule has 1 nitrogen and oxygen atoms in total. The van der Waals surface area contributed by atoms with E-state index in [-0.39, 0.29) is 5.41 Å². The standard InChI is InChI=1S/C46H31NS/c1-46(2)39-19-8-7-15-33(39)37-27-30(23-25-40(37)46)43-34-16-5-6-17-35(34)44(45-47-41-20-9-10-21-42(41)48-45)36-24-22-29(26-38(36)43)32-18-11-13-28-12-3-4-14-31(28)32/h3-27H,1-2H3. The second kappa shape index (κ2) is 10.2. The summed E-state index contributed by atoms with van der Waals surface area (Å²) in [6.45, 7) is 4.71. The maximum Gasteiger partial charge on any atom is 0.125 e. The number of nitrogens with zero attached hydrogens (tertiary/aromatic N) is 1. The molecule has 10 rings (SSSR count). The van der Waals surface area contributed by atoms with Crippen molar-refractivity contribution in [2.24, 2.45) is 0 Å². The fourth-order valence-electron chi connectivity index (χ4n) is 8.22. The molecule has 2 heteroatoms. The maximum atomic E-state index is 5.21. The van der Waals surface area contributed by atoms with Crippen molar-refractivity contribution >= 4 is 53.9 Å². The molecule has 226 valence electrons. The first-order chi connectivity index (χ1) is 23.6. The molecule has 1 aliphatic rings. The van der Waals surface area contributed by atoms with Gasteiger partial charge >= 0.3 is 0 Å². The zero-order valence-corrected chi connectivity index (χ0v) is 27.6. The third kappa shape index (κ3) is 3.93. The minimum Gasteiger partial charge on any atom is -0.236 e. The average molecular weight is 630 g/mol. The van der Waals surface area contributed by atoms with Gasteiger partial charge in [-0.3, -0.25) is 0 Å². The lowest BCUT2D eigenvalue weighted by Crippen LogP contribution is -2.14. The Balaban J connectivity index is 1.32. The number of fused-ring (bicyclic) bond motifs is 7. The van der Waals surface area contributed by atoms with Crippen molar-refractivity contribution in [3.63, 3.8) is 0 Å². The molecular weight excluding hydrogens is 599 g/mol. The van der Waals surface area contributed by atoms with Gasteiger partial charge in [0.2, 0.25) is 0 Å². The van der Waals surface area contributed by atoms with Crippen LogP contribution in [0.15, 0.2) is 152 Å². The highest BCUT2D eigenvalue weighted by Gasteiger charge is 2.35. The van der Waals surface area contributed by atoms with E-state index in [1.54, 1.807) is 11.3 Å². The largest absolute Gasteiger partial charge is 0.236 e. The number of benzene rings is 8. The molecule has 0 saturated carbocycles. The topological polar surface area (TPSA) is 12.9 Å². The summed E-state index contributed by atoms with van der Waals surface area (Å²) in [5.41, 5.74) is 12.7. The molecule has 1 heterocycles. The van der Waals surface area contributed by atoms with Crippen molar-refractivity contribution in [1.82, 2.24) is 4.98 Å². The highest BCUT2D eigenvalue weighted by molar-refractivity contribution is 7.21. The third-order valence-corrected chi connectivity index (χ3v) is 11.6. The normalized spacial score (nSPS) is 13.4. The Morgan fingerprint density at radius 2 is 1.10 bits per heavy atom. The lowest BCUT2D eigenvalue weighted by atomic mass is 9.81. The molecule has 0 N–H and O–H groups in total. The summed E-state index contributed by atoms with van der Waals surface area (Å²) in [5.74, 6) is 0. The predicted molar refractivity (Wildman–Crippen MR) is 206 cm³/mol. The van der Waals surface area contributed by atoms with Gasteiger partial charge in [-0.1, -0.05) is 141 Å². The quantitative estimate of drug-likeness (QED) is 0.177. The molecule has 0 saturated heterocycles. The zero-order valence-electron chi connectivity index (χ0n) is 26.8. The number of hydrogen-bond acceptors (Lipinski definition) is 2. The molecule has 0 spiro atoms. The summed E-state index contributed by atoms with van der Waals surface area (Å²) >= 11 is 1.78. The van der Waals surface area contributed by atoms with Crippen LogP contribution in [-0.2, 0) is 5.41 Å². The first-order valence-corrected chi connectivity index (χ1v) is 17.5. The average Bonchev–Trinajstić information content (AvgIpc) is 3.66. The summed E-state index contributed by atoms with van der Waals surface area (Å²) in [6, 6.07) is 55.9. The van der Waals surface area contributed by atoms with Crippen LogP contribution >= 0.6 is 11.3 Å². The Morgan fingerprint density at radius 1 is 0.458 bits per heavy atom. The van der Waals surface area contributed by atoms with Crippen LogP contribution in [0, 0.1) is 0 Å². The van der Waals surface area contributed by atoms with Gasteiger partial charge in [0.25, 0.3) is 0 Å². The highest BCUT2D eigenvalue weighted by Crippen LogP contribution is 2.52. The van der Waals surface area contributed by atoms with Crippen LogP contribution in [-0.4, -0.2) is 4.98 Å². The molecule has 48 heavy (non-hydrogen) atoms. The Morgan fingerprint density at radius 3 is 1.98 bits per heavy atom.